The van der Waals surface area contributed by atoms with Gasteiger partial charge in [0.2, 0.25) is 0 Å². The molecule has 0 amide bonds. The minimum absolute atomic E-state index is 0.338. The highest BCUT2D eigenvalue weighted by Crippen LogP contribution is 2.10. The quantitative estimate of drug-likeness (QED) is 0.131. The van der Waals surface area contributed by atoms with Crippen molar-refractivity contribution in [1.82, 2.24) is 9.80 Å². The maximum atomic E-state index is 12.4. The lowest BCUT2D eigenvalue weighted by Gasteiger charge is -2.17. The van der Waals surface area contributed by atoms with E-state index in [0.717, 1.165) is 13.1 Å². The van der Waals surface area contributed by atoms with Crippen LogP contribution in [-0.2, 0) is 9.47 Å². The maximum Gasteiger partial charge on any atom is 0.338 e. The van der Waals surface area contributed by atoms with Gasteiger partial charge in [-0.2, -0.15) is 0 Å². The fourth-order valence-electron chi connectivity index (χ4n) is 4.08. The number of carbonyl (C=O) groups excluding carboxylic acids is 2. The summed E-state index contributed by atoms with van der Waals surface area (Å²) in [6, 6.07) is 6.61. The lowest BCUT2D eigenvalue weighted by atomic mass is 10.1. The normalized spacial score (nSPS) is 11.3. The third-order valence-corrected chi connectivity index (χ3v) is 6.53. The molecule has 1 aromatic carbocycles. The van der Waals surface area contributed by atoms with Gasteiger partial charge < -0.3 is 19.3 Å². The molecule has 0 saturated heterocycles. The predicted molar refractivity (Wildman–Crippen MR) is 149 cm³/mol. The summed E-state index contributed by atoms with van der Waals surface area (Å²) >= 11 is 0. The number of likely N-dealkylation sites (N-methyl/N-ethyl adjacent to an activating group) is 2. The zero-order valence-electron chi connectivity index (χ0n) is 23.6. The second-order valence-electron chi connectivity index (χ2n) is 9.99. The zero-order valence-corrected chi connectivity index (χ0v) is 23.6. The summed E-state index contributed by atoms with van der Waals surface area (Å²) in [5.41, 5.74) is 0.756. The Morgan fingerprint density at radius 1 is 0.611 bits per heavy atom. The first kappa shape index (κ1) is 32.1. The van der Waals surface area contributed by atoms with Gasteiger partial charge in [-0.25, -0.2) is 9.59 Å². The minimum atomic E-state index is -0.406. The molecule has 0 unspecified atom stereocenters. The van der Waals surface area contributed by atoms with Gasteiger partial charge in [0.25, 0.3) is 0 Å². The van der Waals surface area contributed by atoms with Crippen molar-refractivity contribution >= 4 is 11.9 Å². The van der Waals surface area contributed by atoms with Crippen LogP contribution in [0.25, 0.3) is 0 Å². The van der Waals surface area contributed by atoms with E-state index in [9.17, 15) is 9.59 Å². The van der Waals surface area contributed by atoms with Crippen LogP contribution in [0.3, 0.4) is 0 Å². The molecule has 0 aliphatic rings. The summed E-state index contributed by atoms with van der Waals surface area (Å²) in [7, 11) is 4.11. The molecule has 0 N–H and O–H groups in total. The van der Waals surface area contributed by atoms with E-state index in [1.807, 2.05) is 0 Å². The number of carbonyl (C=O) groups is 2. The molecular weight excluding hydrogens is 452 g/mol. The Morgan fingerprint density at radius 2 is 1.00 bits per heavy atom. The monoisotopic (exact) mass is 504 g/mol. The third-order valence-electron chi connectivity index (χ3n) is 6.53. The Bertz CT molecular complexity index is 655. The topological polar surface area (TPSA) is 59.1 Å². The molecule has 206 valence electrons. The zero-order chi connectivity index (χ0) is 26.4. The number of hydrogen-bond donors (Lipinski definition) is 0. The van der Waals surface area contributed by atoms with Crippen molar-refractivity contribution in [3.63, 3.8) is 0 Å². The van der Waals surface area contributed by atoms with Gasteiger partial charge >= 0.3 is 11.9 Å². The van der Waals surface area contributed by atoms with E-state index < -0.39 is 11.9 Å². The first-order valence-electron chi connectivity index (χ1n) is 14.3. The number of unbranched alkanes of at least 4 members (excludes halogenated alkanes) is 10. The van der Waals surface area contributed by atoms with Crippen LogP contribution in [0, 0.1) is 0 Å². The van der Waals surface area contributed by atoms with Crippen molar-refractivity contribution in [1.29, 1.82) is 0 Å². The van der Waals surface area contributed by atoms with E-state index in [2.05, 4.69) is 37.7 Å². The highest BCUT2D eigenvalue weighted by molar-refractivity contribution is 5.95. The average molecular weight is 505 g/mol. The molecule has 1 aromatic rings. The smallest absolute Gasteiger partial charge is 0.338 e. The first-order chi connectivity index (χ1) is 17.5. The van der Waals surface area contributed by atoms with Gasteiger partial charge in [-0.05, 0) is 58.2 Å². The Hall–Kier alpha value is -1.92. The maximum absolute atomic E-state index is 12.4. The van der Waals surface area contributed by atoms with Crippen molar-refractivity contribution in [3.05, 3.63) is 35.4 Å². The molecule has 0 atom stereocenters. The van der Waals surface area contributed by atoms with Crippen LogP contribution in [0.4, 0.5) is 0 Å². The van der Waals surface area contributed by atoms with Gasteiger partial charge in [-0.15, -0.1) is 0 Å². The summed E-state index contributed by atoms with van der Waals surface area (Å²) in [5.74, 6) is -0.812. The summed E-state index contributed by atoms with van der Waals surface area (Å²) < 4.78 is 10.9. The van der Waals surface area contributed by atoms with Crippen molar-refractivity contribution < 1.29 is 19.1 Å². The van der Waals surface area contributed by atoms with Crippen molar-refractivity contribution in [3.8, 4) is 0 Å². The van der Waals surface area contributed by atoms with Crippen LogP contribution in [0.5, 0.6) is 0 Å². The number of ether oxygens (including phenoxy) is 2. The van der Waals surface area contributed by atoms with Crippen molar-refractivity contribution in [2.45, 2.75) is 90.9 Å². The van der Waals surface area contributed by atoms with Gasteiger partial charge in [0, 0.05) is 13.1 Å². The predicted octanol–water partition coefficient (Wildman–Crippen LogP) is 6.58. The molecule has 6 heteroatoms. The molecule has 0 aliphatic heterocycles. The van der Waals surface area contributed by atoms with Crippen LogP contribution in [0.1, 0.15) is 112 Å². The summed E-state index contributed by atoms with van der Waals surface area (Å²) in [6.45, 7) is 8.57. The summed E-state index contributed by atoms with van der Waals surface area (Å²) in [5, 5.41) is 0. The van der Waals surface area contributed by atoms with E-state index in [1.54, 1.807) is 24.3 Å². The lowest BCUT2D eigenvalue weighted by molar-refractivity contribution is 0.0471. The van der Waals surface area contributed by atoms with Crippen LogP contribution < -0.4 is 0 Å². The highest BCUT2D eigenvalue weighted by Gasteiger charge is 2.13. The van der Waals surface area contributed by atoms with Crippen LogP contribution in [0.15, 0.2) is 24.3 Å². The average Bonchev–Trinajstić information content (AvgIpc) is 2.88. The number of benzene rings is 1. The molecule has 0 spiro atoms. The van der Waals surface area contributed by atoms with Gasteiger partial charge in [-0.1, -0.05) is 84.1 Å². The molecule has 0 radical (unpaired) electrons. The standard InChI is InChI=1S/C30H52N2O4/c1-5-7-9-11-13-15-20-31(3)22-24-35-29(33)27-18-17-19-28(26-27)30(34)36-25-23-32(4)21-16-14-12-10-8-6-2/h17-19,26H,5-16,20-25H2,1-4H3. The van der Waals surface area contributed by atoms with Crippen LogP contribution >= 0.6 is 0 Å². The second kappa shape index (κ2) is 21.2. The van der Waals surface area contributed by atoms with Crippen molar-refractivity contribution in [2.24, 2.45) is 0 Å². The molecule has 0 aliphatic carbocycles. The van der Waals surface area contributed by atoms with Gasteiger partial charge in [0.1, 0.15) is 13.2 Å². The molecule has 6 nitrogen and oxygen atoms in total. The Balaban J connectivity index is 2.25. The Labute approximate surface area is 220 Å². The van der Waals surface area contributed by atoms with Gasteiger partial charge in [0.05, 0.1) is 11.1 Å². The molecule has 36 heavy (non-hydrogen) atoms. The van der Waals surface area contributed by atoms with Crippen LogP contribution in [0.2, 0.25) is 0 Å². The molecule has 0 saturated carbocycles. The van der Waals surface area contributed by atoms with Gasteiger partial charge in [-0.3, -0.25) is 0 Å². The van der Waals surface area contributed by atoms with Gasteiger partial charge in [0.15, 0.2) is 0 Å². The molecule has 0 aromatic heterocycles. The number of esters is 2. The molecular formula is C30H52N2O4. The minimum Gasteiger partial charge on any atom is -0.461 e. The first-order valence-corrected chi connectivity index (χ1v) is 14.3. The summed E-state index contributed by atoms with van der Waals surface area (Å²) in [6.07, 6.45) is 15.3. The highest BCUT2D eigenvalue weighted by atomic mass is 16.5. The second-order valence-corrected chi connectivity index (χ2v) is 9.99. The number of hydrogen-bond acceptors (Lipinski definition) is 6. The van der Waals surface area contributed by atoms with E-state index in [0.29, 0.717) is 37.4 Å². The molecule has 0 fully saturated rings. The molecule has 0 heterocycles. The fourth-order valence-corrected chi connectivity index (χ4v) is 4.08. The van der Waals surface area contributed by atoms with Crippen molar-refractivity contribution in [2.75, 3.05) is 53.5 Å². The number of nitrogens with zero attached hydrogens (tertiary/aromatic N) is 2. The Kier molecular flexibility index (Phi) is 18.9. The van der Waals surface area contributed by atoms with E-state index in [4.69, 9.17) is 9.47 Å². The fraction of sp³-hybridized carbons (Fsp3) is 0.733. The summed E-state index contributed by atoms with van der Waals surface area (Å²) in [4.78, 5) is 29.3. The number of rotatable bonds is 22. The lowest BCUT2D eigenvalue weighted by Crippen LogP contribution is -2.26. The third kappa shape index (κ3) is 15.9. The molecule has 1 rings (SSSR count). The van der Waals surface area contributed by atoms with Crippen LogP contribution in [-0.4, -0.2) is 75.2 Å². The van der Waals surface area contributed by atoms with E-state index >= 15 is 0 Å². The van der Waals surface area contributed by atoms with E-state index in [-0.39, 0.29) is 0 Å². The Morgan fingerprint density at radius 3 is 1.42 bits per heavy atom. The largest absolute Gasteiger partial charge is 0.461 e. The van der Waals surface area contributed by atoms with E-state index in [1.165, 1.54) is 77.0 Å². The SMILES string of the molecule is CCCCCCCCN(C)CCOC(=O)c1cccc(C(=O)OCCN(C)CCCCCCCC)c1. The molecule has 0 bridgehead atoms.